The SMILES string of the molecule is CN(C)c1cccc(NC(=O)c2ccc(OC/C(=C/F)CN)cc2)c1. The fourth-order valence-electron chi connectivity index (χ4n) is 2.08. The number of carbonyl (C=O) groups is 1. The maximum Gasteiger partial charge on any atom is 0.255 e. The van der Waals surface area contributed by atoms with Gasteiger partial charge >= 0.3 is 0 Å². The third-order valence-corrected chi connectivity index (χ3v) is 3.58. The van der Waals surface area contributed by atoms with Crippen LogP contribution in [-0.4, -0.2) is 33.2 Å². The summed E-state index contributed by atoms with van der Waals surface area (Å²) in [6.07, 6.45) is 0.448. The van der Waals surface area contributed by atoms with Crippen molar-refractivity contribution in [1.82, 2.24) is 0 Å². The minimum Gasteiger partial charge on any atom is -0.489 e. The van der Waals surface area contributed by atoms with Gasteiger partial charge in [-0.1, -0.05) is 6.07 Å². The second kappa shape index (κ2) is 8.84. The van der Waals surface area contributed by atoms with Crippen molar-refractivity contribution in [3.8, 4) is 5.75 Å². The fourth-order valence-corrected chi connectivity index (χ4v) is 2.08. The predicted octanol–water partition coefficient (Wildman–Crippen LogP) is 3.20. The molecule has 0 saturated heterocycles. The van der Waals surface area contributed by atoms with Crippen molar-refractivity contribution in [1.29, 1.82) is 0 Å². The van der Waals surface area contributed by atoms with Crippen LogP contribution >= 0.6 is 0 Å². The number of amides is 1. The second-order valence-electron chi connectivity index (χ2n) is 5.68. The minimum atomic E-state index is -0.214. The highest BCUT2D eigenvalue weighted by Crippen LogP contribution is 2.19. The highest BCUT2D eigenvalue weighted by atomic mass is 19.1. The molecule has 0 bridgehead atoms. The Kier molecular flexibility index (Phi) is 6.54. The van der Waals surface area contributed by atoms with Crippen molar-refractivity contribution in [2.75, 3.05) is 37.5 Å². The molecule has 0 aliphatic heterocycles. The summed E-state index contributed by atoms with van der Waals surface area (Å²) in [6, 6.07) is 14.2. The number of rotatable bonds is 7. The lowest BCUT2D eigenvalue weighted by molar-refractivity contribution is 0.102. The van der Waals surface area contributed by atoms with Gasteiger partial charge in [-0.3, -0.25) is 4.79 Å². The smallest absolute Gasteiger partial charge is 0.255 e. The Morgan fingerprint density at radius 3 is 2.56 bits per heavy atom. The first-order valence-electron chi connectivity index (χ1n) is 7.83. The third kappa shape index (κ3) is 5.32. The van der Waals surface area contributed by atoms with E-state index in [0.29, 0.717) is 23.2 Å². The number of carbonyl (C=O) groups excluding carboxylic acids is 1. The molecule has 0 atom stereocenters. The first-order valence-corrected chi connectivity index (χ1v) is 7.83. The van der Waals surface area contributed by atoms with Crippen LogP contribution in [0.5, 0.6) is 5.75 Å². The molecule has 2 aromatic carbocycles. The quantitative estimate of drug-likeness (QED) is 0.810. The monoisotopic (exact) mass is 343 g/mol. The van der Waals surface area contributed by atoms with E-state index in [1.54, 1.807) is 24.3 Å². The van der Waals surface area contributed by atoms with Gasteiger partial charge in [-0.15, -0.1) is 0 Å². The van der Waals surface area contributed by atoms with Crippen molar-refractivity contribution < 1.29 is 13.9 Å². The molecule has 0 heterocycles. The van der Waals surface area contributed by atoms with Gasteiger partial charge in [0.1, 0.15) is 12.4 Å². The number of anilines is 2. The number of hydrogen-bond donors (Lipinski definition) is 2. The molecule has 0 unspecified atom stereocenters. The standard InChI is InChI=1S/C19H22FN3O2/c1-23(2)17-5-3-4-16(10-17)22-19(24)15-6-8-18(9-7-15)25-13-14(11-20)12-21/h3-11H,12-13,21H2,1-2H3,(H,22,24)/b14-11+. The van der Waals surface area contributed by atoms with Gasteiger partial charge in [-0.2, -0.15) is 0 Å². The molecule has 0 radical (unpaired) electrons. The van der Waals surface area contributed by atoms with E-state index in [1.807, 2.05) is 43.3 Å². The topological polar surface area (TPSA) is 67.6 Å². The van der Waals surface area contributed by atoms with E-state index >= 15 is 0 Å². The van der Waals surface area contributed by atoms with Gasteiger partial charge in [0.2, 0.25) is 0 Å². The number of halogens is 1. The average molecular weight is 343 g/mol. The van der Waals surface area contributed by atoms with Gasteiger partial charge in [0.05, 0.1) is 6.33 Å². The van der Waals surface area contributed by atoms with E-state index in [9.17, 15) is 9.18 Å². The van der Waals surface area contributed by atoms with Crippen LogP contribution in [-0.2, 0) is 0 Å². The van der Waals surface area contributed by atoms with Crippen molar-refractivity contribution in [2.24, 2.45) is 5.73 Å². The Bertz CT molecular complexity index is 743. The Morgan fingerprint density at radius 2 is 1.96 bits per heavy atom. The van der Waals surface area contributed by atoms with Crippen LogP contribution in [0.3, 0.4) is 0 Å². The van der Waals surface area contributed by atoms with E-state index < -0.39 is 0 Å². The number of nitrogens with zero attached hydrogens (tertiary/aromatic N) is 1. The summed E-state index contributed by atoms with van der Waals surface area (Å²) in [6.45, 7) is 0.179. The molecule has 2 aromatic rings. The van der Waals surface area contributed by atoms with E-state index in [4.69, 9.17) is 10.5 Å². The minimum absolute atomic E-state index is 0.0792. The number of ether oxygens (including phenoxy) is 1. The molecule has 3 N–H and O–H groups in total. The van der Waals surface area contributed by atoms with Gasteiger partial charge < -0.3 is 20.7 Å². The largest absolute Gasteiger partial charge is 0.489 e. The van der Waals surface area contributed by atoms with Crippen LogP contribution in [0.4, 0.5) is 15.8 Å². The maximum atomic E-state index is 12.4. The van der Waals surface area contributed by atoms with Gasteiger partial charge in [-0.05, 0) is 42.5 Å². The van der Waals surface area contributed by atoms with Crippen LogP contribution in [0.2, 0.25) is 0 Å². The first kappa shape index (κ1) is 18.5. The maximum absolute atomic E-state index is 12.4. The van der Waals surface area contributed by atoms with E-state index in [1.165, 1.54) is 0 Å². The number of nitrogens with one attached hydrogen (secondary N) is 1. The van der Waals surface area contributed by atoms with Crippen LogP contribution in [0.15, 0.2) is 60.4 Å². The van der Waals surface area contributed by atoms with Gasteiger partial charge in [0.15, 0.2) is 0 Å². The molecule has 0 aliphatic carbocycles. The van der Waals surface area contributed by atoms with Crippen molar-refractivity contribution in [3.63, 3.8) is 0 Å². The molecule has 25 heavy (non-hydrogen) atoms. The Labute approximate surface area is 146 Å². The lowest BCUT2D eigenvalue weighted by atomic mass is 10.2. The van der Waals surface area contributed by atoms with E-state index in [2.05, 4.69) is 5.32 Å². The molecule has 0 aliphatic rings. The highest BCUT2D eigenvalue weighted by Gasteiger charge is 2.07. The molecular weight excluding hydrogens is 321 g/mol. The molecule has 5 nitrogen and oxygen atoms in total. The molecule has 2 rings (SSSR count). The van der Waals surface area contributed by atoms with Crippen molar-refractivity contribution in [3.05, 3.63) is 66.0 Å². The summed E-state index contributed by atoms with van der Waals surface area (Å²) in [5.41, 5.74) is 7.95. The Hall–Kier alpha value is -2.86. The van der Waals surface area contributed by atoms with Gasteiger partial charge in [0, 0.05) is 43.2 Å². The Morgan fingerprint density at radius 1 is 1.24 bits per heavy atom. The summed E-state index contributed by atoms with van der Waals surface area (Å²) < 4.78 is 17.9. The molecule has 6 heteroatoms. The molecular formula is C19H22FN3O2. The highest BCUT2D eigenvalue weighted by molar-refractivity contribution is 6.04. The molecule has 132 valence electrons. The third-order valence-electron chi connectivity index (χ3n) is 3.58. The van der Waals surface area contributed by atoms with Crippen LogP contribution < -0.4 is 20.7 Å². The molecule has 0 spiro atoms. The van der Waals surface area contributed by atoms with Crippen molar-refractivity contribution in [2.45, 2.75) is 0 Å². The summed E-state index contributed by atoms with van der Waals surface area (Å²) in [7, 11) is 3.88. The zero-order valence-corrected chi connectivity index (χ0v) is 14.3. The summed E-state index contributed by atoms with van der Waals surface area (Å²) in [4.78, 5) is 14.3. The van der Waals surface area contributed by atoms with Gasteiger partial charge in [-0.25, -0.2) is 4.39 Å². The number of benzene rings is 2. The number of nitrogens with two attached hydrogens (primary N) is 1. The lowest BCUT2D eigenvalue weighted by Crippen LogP contribution is -2.13. The summed E-state index contributed by atoms with van der Waals surface area (Å²) >= 11 is 0. The summed E-state index contributed by atoms with van der Waals surface area (Å²) in [5, 5.41) is 2.86. The van der Waals surface area contributed by atoms with Crippen LogP contribution in [0.1, 0.15) is 10.4 Å². The predicted molar refractivity (Wildman–Crippen MR) is 98.9 cm³/mol. The fraction of sp³-hybridized carbons (Fsp3) is 0.211. The zero-order chi connectivity index (χ0) is 18.2. The first-order chi connectivity index (χ1) is 12.0. The van der Waals surface area contributed by atoms with Crippen LogP contribution in [0, 0.1) is 0 Å². The molecule has 0 aromatic heterocycles. The molecule has 1 amide bonds. The van der Waals surface area contributed by atoms with Gasteiger partial charge in [0.25, 0.3) is 5.91 Å². The molecule has 0 saturated carbocycles. The summed E-state index contributed by atoms with van der Waals surface area (Å²) in [5.74, 6) is 0.327. The number of hydrogen-bond acceptors (Lipinski definition) is 4. The normalized spacial score (nSPS) is 11.1. The Balaban J connectivity index is 1.99. The lowest BCUT2D eigenvalue weighted by Gasteiger charge is -2.14. The van der Waals surface area contributed by atoms with E-state index in [-0.39, 0.29) is 19.1 Å². The molecule has 0 fully saturated rings. The van der Waals surface area contributed by atoms with Crippen LogP contribution in [0.25, 0.3) is 0 Å². The van der Waals surface area contributed by atoms with Crippen molar-refractivity contribution >= 4 is 17.3 Å². The van der Waals surface area contributed by atoms with E-state index in [0.717, 1.165) is 11.4 Å². The average Bonchev–Trinajstić information content (AvgIpc) is 2.63. The zero-order valence-electron chi connectivity index (χ0n) is 14.3. The second-order valence-corrected chi connectivity index (χ2v) is 5.68.